The Morgan fingerprint density at radius 2 is 2.09 bits per heavy atom. The summed E-state index contributed by atoms with van der Waals surface area (Å²) in [6.45, 7) is 3.22. The fraction of sp³-hybridized carbons (Fsp3) is 0.400. The zero-order valence-corrected chi connectivity index (χ0v) is 13.5. The predicted molar refractivity (Wildman–Crippen MR) is 87.3 cm³/mol. The number of nitrogens with one attached hydrogen (secondary N) is 1. The number of hydrogen-bond acceptors (Lipinski definition) is 5. The van der Waals surface area contributed by atoms with E-state index < -0.39 is 5.97 Å². The largest absolute Gasteiger partial charge is 0.478 e. The van der Waals surface area contributed by atoms with Crippen LogP contribution in [0, 0.1) is 0 Å². The van der Waals surface area contributed by atoms with Crippen molar-refractivity contribution >= 4 is 35.1 Å². The fourth-order valence-electron chi connectivity index (χ4n) is 2.16. The Labute approximate surface area is 138 Å². The number of benzene rings is 1. The molecule has 23 heavy (non-hydrogen) atoms. The number of amides is 1. The minimum Gasteiger partial charge on any atom is -0.478 e. The molecule has 1 fully saturated rings. The molecule has 1 aromatic carbocycles. The lowest BCUT2D eigenvalue weighted by atomic mass is 10.1. The Bertz CT molecular complexity index is 623. The van der Waals surface area contributed by atoms with E-state index in [9.17, 15) is 9.59 Å². The number of halogens is 1. The molecule has 0 aromatic heterocycles. The first-order valence-corrected chi connectivity index (χ1v) is 7.65. The third-order valence-electron chi connectivity index (χ3n) is 3.41. The van der Waals surface area contributed by atoms with Gasteiger partial charge < -0.3 is 14.7 Å². The van der Waals surface area contributed by atoms with Crippen molar-refractivity contribution < 1.29 is 19.4 Å². The summed E-state index contributed by atoms with van der Waals surface area (Å²) < 4.78 is 4.96. The number of hydrazone groups is 1. The van der Waals surface area contributed by atoms with Gasteiger partial charge in [-0.25, -0.2) is 9.59 Å². The highest BCUT2D eigenvalue weighted by molar-refractivity contribution is 6.33. The zero-order valence-electron chi connectivity index (χ0n) is 12.7. The highest BCUT2D eigenvalue weighted by Crippen LogP contribution is 2.23. The molecule has 0 radical (unpaired) electrons. The van der Waals surface area contributed by atoms with E-state index in [1.54, 1.807) is 11.8 Å². The number of aromatic carboxylic acids is 1. The molecule has 7 nitrogen and oxygen atoms in total. The average molecular weight is 340 g/mol. The summed E-state index contributed by atoms with van der Waals surface area (Å²) >= 11 is 6.02. The number of anilines is 1. The molecule has 8 heteroatoms. The van der Waals surface area contributed by atoms with Crippen LogP contribution in [0.2, 0.25) is 5.02 Å². The molecule has 1 aliphatic rings. The number of ether oxygens (including phenoxy) is 1. The molecule has 0 unspecified atom stereocenters. The van der Waals surface area contributed by atoms with Gasteiger partial charge in [-0.3, -0.25) is 5.43 Å². The lowest BCUT2D eigenvalue weighted by molar-refractivity contribution is 0.0696. The molecular weight excluding hydrogens is 322 g/mol. The van der Waals surface area contributed by atoms with Crippen molar-refractivity contribution in [2.45, 2.75) is 19.8 Å². The first kappa shape index (κ1) is 17.1. The smallest absolute Gasteiger partial charge is 0.409 e. The lowest BCUT2D eigenvalue weighted by Gasteiger charge is -2.26. The van der Waals surface area contributed by atoms with Gasteiger partial charge >= 0.3 is 12.1 Å². The van der Waals surface area contributed by atoms with Gasteiger partial charge in [-0.2, -0.15) is 5.10 Å². The van der Waals surface area contributed by atoms with Crippen LogP contribution in [0.25, 0.3) is 0 Å². The highest BCUT2D eigenvalue weighted by atomic mass is 35.5. The van der Waals surface area contributed by atoms with Crippen LogP contribution in [0.15, 0.2) is 23.3 Å². The summed E-state index contributed by atoms with van der Waals surface area (Å²) in [6, 6.07) is 4.38. The molecule has 1 aliphatic heterocycles. The van der Waals surface area contributed by atoms with E-state index in [2.05, 4.69) is 10.5 Å². The van der Waals surface area contributed by atoms with Crippen molar-refractivity contribution in [2.75, 3.05) is 25.1 Å². The maximum atomic E-state index is 11.6. The number of carboxylic acids is 1. The highest BCUT2D eigenvalue weighted by Gasteiger charge is 2.20. The number of piperidine rings is 1. The quantitative estimate of drug-likeness (QED) is 0.823. The molecule has 1 aromatic rings. The van der Waals surface area contributed by atoms with Crippen molar-refractivity contribution in [1.82, 2.24) is 4.90 Å². The molecule has 0 saturated carbocycles. The van der Waals surface area contributed by atoms with Gasteiger partial charge in [0.1, 0.15) is 0 Å². The summed E-state index contributed by atoms with van der Waals surface area (Å²) in [5, 5.41) is 13.6. The van der Waals surface area contributed by atoms with Crippen molar-refractivity contribution in [1.29, 1.82) is 0 Å². The van der Waals surface area contributed by atoms with Crippen LogP contribution in [-0.2, 0) is 4.74 Å². The standard InChI is InChI=1S/C15H18ClN3O4/c1-2-23-15(22)19-7-5-11(6-8-19)17-18-13-9-10(14(20)21)3-4-12(13)16/h3-4,9,18H,2,5-8H2,1H3,(H,20,21). The lowest BCUT2D eigenvalue weighted by Crippen LogP contribution is -2.39. The second-order valence-corrected chi connectivity index (χ2v) is 5.38. The molecule has 1 heterocycles. The first-order chi connectivity index (χ1) is 11.0. The summed E-state index contributed by atoms with van der Waals surface area (Å²) in [4.78, 5) is 24.2. The summed E-state index contributed by atoms with van der Waals surface area (Å²) in [7, 11) is 0. The molecule has 124 valence electrons. The summed E-state index contributed by atoms with van der Waals surface area (Å²) in [5.74, 6) is -1.03. The van der Waals surface area contributed by atoms with Gasteiger partial charge in [0.2, 0.25) is 0 Å². The molecule has 2 N–H and O–H groups in total. The molecule has 0 aliphatic carbocycles. The molecule has 2 rings (SSSR count). The van der Waals surface area contributed by atoms with E-state index in [-0.39, 0.29) is 11.7 Å². The molecule has 1 saturated heterocycles. The van der Waals surface area contributed by atoms with Gasteiger partial charge in [-0.15, -0.1) is 0 Å². The fourth-order valence-corrected chi connectivity index (χ4v) is 2.32. The van der Waals surface area contributed by atoms with Crippen molar-refractivity contribution in [2.24, 2.45) is 5.10 Å². The van der Waals surface area contributed by atoms with E-state index in [1.165, 1.54) is 18.2 Å². The number of carbonyl (C=O) groups is 2. The van der Waals surface area contributed by atoms with Gasteiger partial charge in [0.15, 0.2) is 0 Å². The normalized spacial score (nSPS) is 14.3. The Balaban J connectivity index is 1.96. The second kappa shape index (κ2) is 7.82. The first-order valence-electron chi connectivity index (χ1n) is 7.27. The van der Waals surface area contributed by atoms with E-state index >= 15 is 0 Å². The molecule has 0 atom stereocenters. The number of carbonyl (C=O) groups excluding carboxylic acids is 1. The number of carboxylic acid groups (broad SMARTS) is 1. The van der Waals surface area contributed by atoms with Crippen LogP contribution in [0.3, 0.4) is 0 Å². The average Bonchev–Trinajstić information content (AvgIpc) is 2.54. The van der Waals surface area contributed by atoms with Gasteiger partial charge in [0.25, 0.3) is 0 Å². The van der Waals surface area contributed by atoms with Gasteiger partial charge in [0.05, 0.1) is 22.9 Å². The molecule has 0 bridgehead atoms. The SMILES string of the molecule is CCOC(=O)N1CCC(=NNc2cc(C(=O)O)ccc2Cl)CC1. The number of hydrogen-bond donors (Lipinski definition) is 2. The van der Waals surface area contributed by atoms with E-state index in [4.69, 9.17) is 21.4 Å². The monoisotopic (exact) mass is 339 g/mol. The Morgan fingerprint density at radius 3 is 2.70 bits per heavy atom. The van der Waals surface area contributed by atoms with Crippen LogP contribution >= 0.6 is 11.6 Å². The molecule has 1 amide bonds. The van der Waals surface area contributed by atoms with Gasteiger partial charge in [0, 0.05) is 31.6 Å². The van der Waals surface area contributed by atoms with E-state index in [0.29, 0.717) is 43.2 Å². The summed E-state index contributed by atoms with van der Waals surface area (Å²) in [5.41, 5.74) is 4.27. The number of likely N-dealkylation sites (tertiary alicyclic amines) is 1. The maximum absolute atomic E-state index is 11.6. The van der Waals surface area contributed by atoms with Crippen LogP contribution in [-0.4, -0.2) is 47.5 Å². The number of nitrogens with zero attached hydrogens (tertiary/aromatic N) is 2. The minimum absolute atomic E-state index is 0.134. The minimum atomic E-state index is -1.03. The van der Waals surface area contributed by atoms with Gasteiger partial charge in [-0.05, 0) is 25.1 Å². The van der Waals surface area contributed by atoms with Gasteiger partial charge in [-0.1, -0.05) is 11.6 Å². The third kappa shape index (κ3) is 4.59. The summed E-state index contributed by atoms with van der Waals surface area (Å²) in [6.07, 6.45) is 0.945. The topological polar surface area (TPSA) is 91.2 Å². The van der Waals surface area contributed by atoms with E-state index in [0.717, 1.165) is 5.71 Å². The van der Waals surface area contributed by atoms with Crippen molar-refractivity contribution in [3.63, 3.8) is 0 Å². The van der Waals surface area contributed by atoms with Crippen molar-refractivity contribution in [3.05, 3.63) is 28.8 Å². The predicted octanol–water partition coefficient (Wildman–Crippen LogP) is 3.06. The Hall–Kier alpha value is -2.28. The van der Waals surface area contributed by atoms with Crippen LogP contribution in [0.4, 0.5) is 10.5 Å². The molecule has 0 spiro atoms. The molecular formula is C15H18ClN3O4. The third-order valence-corrected chi connectivity index (χ3v) is 3.74. The second-order valence-electron chi connectivity index (χ2n) is 4.98. The Kier molecular flexibility index (Phi) is 5.81. The van der Waals surface area contributed by atoms with Crippen LogP contribution in [0.1, 0.15) is 30.1 Å². The van der Waals surface area contributed by atoms with Crippen molar-refractivity contribution in [3.8, 4) is 0 Å². The van der Waals surface area contributed by atoms with E-state index in [1.807, 2.05) is 0 Å². The van der Waals surface area contributed by atoms with Crippen LogP contribution in [0.5, 0.6) is 0 Å². The zero-order chi connectivity index (χ0) is 16.8. The Morgan fingerprint density at radius 1 is 1.39 bits per heavy atom. The van der Waals surface area contributed by atoms with Crippen LogP contribution < -0.4 is 5.43 Å². The maximum Gasteiger partial charge on any atom is 0.409 e. The number of rotatable bonds is 4.